The number of fused-ring (bicyclic) bond motifs is 1. The van der Waals surface area contributed by atoms with Gasteiger partial charge in [-0.25, -0.2) is 4.79 Å². The zero-order valence-electron chi connectivity index (χ0n) is 16.2. The summed E-state index contributed by atoms with van der Waals surface area (Å²) in [6.45, 7) is 0. The van der Waals surface area contributed by atoms with E-state index in [4.69, 9.17) is 19.0 Å². The van der Waals surface area contributed by atoms with Gasteiger partial charge in [-0.3, -0.25) is 4.79 Å². The predicted molar refractivity (Wildman–Crippen MR) is 106 cm³/mol. The molecule has 2 aromatic carbocycles. The zero-order chi connectivity index (χ0) is 23.2. The van der Waals surface area contributed by atoms with Crippen LogP contribution in [0.1, 0.15) is 0 Å². The number of aliphatic hydroxyl groups excluding tert-OH is 3. The summed E-state index contributed by atoms with van der Waals surface area (Å²) < 4.78 is 15.8. The topological polar surface area (TPSA) is 187 Å². The van der Waals surface area contributed by atoms with E-state index < -0.39 is 47.9 Å². The molecule has 1 aliphatic rings. The van der Waals surface area contributed by atoms with Crippen molar-refractivity contribution in [2.75, 3.05) is 0 Å². The molecule has 11 heteroatoms. The van der Waals surface area contributed by atoms with E-state index in [0.29, 0.717) is 5.56 Å². The molecule has 0 amide bonds. The van der Waals surface area contributed by atoms with Crippen molar-refractivity contribution in [1.82, 2.24) is 0 Å². The van der Waals surface area contributed by atoms with Crippen molar-refractivity contribution in [2.45, 2.75) is 30.7 Å². The van der Waals surface area contributed by atoms with Gasteiger partial charge in [0.2, 0.25) is 11.7 Å². The Morgan fingerprint density at radius 2 is 1.66 bits per heavy atom. The van der Waals surface area contributed by atoms with Crippen molar-refractivity contribution < 1.29 is 49.3 Å². The molecule has 2 heterocycles. The number of phenolic OH excluding ortho intramolecular Hbond substituents is 2. The lowest BCUT2D eigenvalue weighted by Gasteiger charge is -2.38. The van der Waals surface area contributed by atoms with Gasteiger partial charge in [-0.05, 0) is 17.7 Å². The monoisotopic (exact) mass is 446 g/mol. The highest BCUT2D eigenvalue weighted by molar-refractivity contribution is 5.88. The van der Waals surface area contributed by atoms with Crippen LogP contribution in [0.2, 0.25) is 0 Å². The van der Waals surface area contributed by atoms with Crippen LogP contribution in [0.25, 0.3) is 22.1 Å². The number of phenols is 2. The second-order valence-corrected chi connectivity index (χ2v) is 7.19. The number of hydrogen-bond donors (Lipinski definition) is 6. The quantitative estimate of drug-likeness (QED) is 0.320. The largest absolute Gasteiger partial charge is 0.508 e. The van der Waals surface area contributed by atoms with Gasteiger partial charge in [0.15, 0.2) is 6.10 Å². The van der Waals surface area contributed by atoms with Gasteiger partial charge in [0.05, 0.1) is 5.56 Å². The summed E-state index contributed by atoms with van der Waals surface area (Å²) in [6.07, 6.45) is -7.56. The summed E-state index contributed by atoms with van der Waals surface area (Å²) in [4.78, 5) is 24.0. The first-order valence-corrected chi connectivity index (χ1v) is 9.34. The first kappa shape index (κ1) is 21.6. The Balaban J connectivity index is 1.59. The molecule has 168 valence electrons. The zero-order valence-corrected chi connectivity index (χ0v) is 16.2. The number of aromatic hydroxyl groups is 2. The molecule has 0 radical (unpaired) electrons. The number of carbonyl (C=O) groups is 1. The van der Waals surface area contributed by atoms with Crippen LogP contribution in [0.3, 0.4) is 0 Å². The van der Waals surface area contributed by atoms with Crippen LogP contribution in [0.4, 0.5) is 0 Å². The van der Waals surface area contributed by atoms with E-state index in [1.807, 2.05) is 0 Å². The van der Waals surface area contributed by atoms with Gasteiger partial charge in [-0.1, -0.05) is 12.1 Å². The molecule has 0 saturated carbocycles. The molecule has 0 spiro atoms. The Hall–Kier alpha value is -3.64. The minimum absolute atomic E-state index is 0.00775. The second-order valence-electron chi connectivity index (χ2n) is 7.19. The third kappa shape index (κ3) is 3.74. The van der Waals surface area contributed by atoms with E-state index in [2.05, 4.69) is 0 Å². The highest BCUT2D eigenvalue weighted by atomic mass is 16.7. The first-order valence-electron chi connectivity index (χ1n) is 9.34. The molecular formula is C21H18O11. The van der Waals surface area contributed by atoms with E-state index in [-0.39, 0.29) is 28.0 Å². The lowest BCUT2D eigenvalue weighted by atomic mass is 9.99. The van der Waals surface area contributed by atoms with Gasteiger partial charge >= 0.3 is 5.97 Å². The molecule has 4 rings (SSSR count). The van der Waals surface area contributed by atoms with E-state index in [0.717, 1.165) is 6.07 Å². The Bertz CT molecular complexity index is 1220. The van der Waals surface area contributed by atoms with Gasteiger partial charge < -0.3 is 44.5 Å². The molecule has 6 N–H and O–H groups in total. The fourth-order valence-corrected chi connectivity index (χ4v) is 3.41. The molecule has 1 aliphatic heterocycles. The van der Waals surface area contributed by atoms with Crippen LogP contribution in [-0.4, -0.2) is 67.3 Å². The van der Waals surface area contributed by atoms with Crippen molar-refractivity contribution >= 4 is 16.9 Å². The number of carboxylic acid groups (broad SMARTS) is 1. The van der Waals surface area contributed by atoms with Crippen LogP contribution in [0.15, 0.2) is 51.9 Å². The van der Waals surface area contributed by atoms with Gasteiger partial charge in [-0.15, -0.1) is 0 Å². The smallest absolute Gasteiger partial charge is 0.335 e. The second kappa shape index (κ2) is 8.13. The molecule has 3 aromatic rings. The molecule has 32 heavy (non-hydrogen) atoms. The molecule has 1 fully saturated rings. The van der Waals surface area contributed by atoms with Crippen molar-refractivity contribution in [3.8, 4) is 28.4 Å². The number of aliphatic hydroxyl groups is 3. The Labute approximate surface area is 178 Å². The van der Waals surface area contributed by atoms with Crippen LogP contribution in [0, 0.1) is 0 Å². The normalized spacial score (nSPS) is 25.5. The van der Waals surface area contributed by atoms with Gasteiger partial charge in [0.1, 0.15) is 52.8 Å². The maximum Gasteiger partial charge on any atom is 0.335 e. The van der Waals surface area contributed by atoms with Crippen LogP contribution in [0.5, 0.6) is 17.2 Å². The fourth-order valence-electron chi connectivity index (χ4n) is 3.41. The highest BCUT2D eigenvalue weighted by Crippen LogP contribution is 2.31. The van der Waals surface area contributed by atoms with E-state index in [9.17, 15) is 35.1 Å². The minimum atomic E-state index is -1.84. The lowest BCUT2D eigenvalue weighted by Crippen LogP contribution is -2.61. The van der Waals surface area contributed by atoms with Gasteiger partial charge in [0, 0.05) is 12.1 Å². The summed E-state index contributed by atoms with van der Waals surface area (Å²) >= 11 is 0. The number of hydrogen-bond acceptors (Lipinski definition) is 10. The Morgan fingerprint density at radius 1 is 0.969 bits per heavy atom. The Kier molecular flexibility index (Phi) is 5.48. The molecular weight excluding hydrogens is 428 g/mol. The standard InChI is InChI=1S/C21H18O11/c22-9-5-12(23)14-13(6-9)30-7-11(15(14)24)8-1-3-10(4-2-8)31-21-18(27)16(25)17(26)19(32-21)20(28)29/h1-7,16-19,21-23,25-27H,(H,28,29)/t16-,17-,18+,19-,21-/m0/s1. The average Bonchev–Trinajstić information content (AvgIpc) is 2.74. The molecule has 1 aromatic heterocycles. The van der Waals surface area contributed by atoms with Crippen molar-refractivity contribution in [1.29, 1.82) is 0 Å². The van der Waals surface area contributed by atoms with E-state index >= 15 is 0 Å². The van der Waals surface area contributed by atoms with Crippen molar-refractivity contribution in [3.63, 3.8) is 0 Å². The summed E-state index contributed by atoms with van der Waals surface area (Å²) in [7, 11) is 0. The molecule has 5 atom stereocenters. The first-order chi connectivity index (χ1) is 15.2. The fraction of sp³-hybridized carbons (Fsp3) is 0.238. The third-order valence-electron chi connectivity index (χ3n) is 5.07. The lowest BCUT2D eigenvalue weighted by molar-refractivity contribution is -0.271. The van der Waals surface area contributed by atoms with Gasteiger partial charge in [0.25, 0.3) is 0 Å². The SMILES string of the molecule is O=C(O)[C@H]1O[C@H](Oc2ccc(-c3coc4cc(O)cc(O)c4c3=O)cc2)[C@H](O)[C@@H](O)[C@@H]1O. The van der Waals surface area contributed by atoms with Crippen LogP contribution in [-0.2, 0) is 9.53 Å². The van der Waals surface area contributed by atoms with Gasteiger partial charge in [-0.2, -0.15) is 0 Å². The molecule has 0 unspecified atom stereocenters. The number of aliphatic carboxylic acids is 1. The Morgan fingerprint density at radius 3 is 2.31 bits per heavy atom. The van der Waals surface area contributed by atoms with Crippen molar-refractivity contribution in [3.05, 3.63) is 52.9 Å². The van der Waals surface area contributed by atoms with E-state index in [1.165, 1.54) is 36.6 Å². The third-order valence-corrected chi connectivity index (χ3v) is 5.07. The van der Waals surface area contributed by atoms with Crippen LogP contribution >= 0.6 is 0 Å². The summed E-state index contributed by atoms with van der Waals surface area (Å²) in [5.74, 6) is -2.12. The number of ether oxygens (including phenoxy) is 2. The van der Waals surface area contributed by atoms with E-state index in [1.54, 1.807) is 0 Å². The predicted octanol–water partition coefficient (Wildman–Crippen LogP) is 0.142. The molecule has 0 bridgehead atoms. The highest BCUT2D eigenvalue weighted by Gasteiger charge is 2.48. The van der Waals surface area contributed by atoms with Crippen LogP contribution < -0.4 is 10.2 Å². The molecule has 0 aliphatic carbocycles. The maximum absolute atomic E-state index is 12.8. The molecule has 1 saturated heterocycles. The average molecular weight is 446 g/mol. The number of benzene rings is 2. The minimum Gasteiger partial charge on any atom is -0.508 e. The summed E-state index contributed by atoms with van der Waals surface area (Å²) in [6, 6.07) is 7.96. The molecule has 11 nitrogen and oxygen atoms in total. The van der Waals surface area contributed by atoms with Crippen molar-refractivity contribution in [2.24, 2.45) is 0 Å². The maximum atomic E-state index is 12.8. The summed E-state index contributed by atoms with van der Waals surface area (Å²) in [5, 5.41) is 58.1. The number of rotatable bonds is 4. The number of carboxylic acids is 1. The summed E-state index contributed by atoms with van der Waals surface area (Å²) in [5.41, 5.74) is -0.0221.